The molecule has 2 aromatic carbocycles. The molecule has 2 aromatic heterocycles. The van der Waals surface area contributed by atoms with E-state index in [1.165, 1.54) is 27.8 Å². The van der Waals surface area contributed by atoms with E-state index in [-0.39, 0.29) is 0 Å². The maximum Gasteiger partial charge on any atom is 0.138 e. The molecule has 0 saturated heterocycles. The van der Waals surface area contributed by atoms with E-state index in [0.717, 1.165) is 28.0 Å². The molecule has 2 heteroatoms. The minimum Gasteiger partial charge on any atom is -0.456 e. The quantitative estimate of drug-likeness (QED) is 0.356. The summed E-state index contributed by atoms with van der Waals surface area (Å²) in [5.74, 6) is 1.80. The highest BCUT2D eigenvalue weighted by molar-refractivity contribution is 5.86. The molecule has 0 aliphatic heterocycles. The molecule has 0 N–H and O–H groups in total. The summed E-state index contributed by atoms with van der Waals surface area (Å²) in [4.78, 5) is 4.72. The molecule has 0 radical (unpaired) electrons. The minimum atomic E-state index is 0.431. The van der Waals surface area contributed by atoms with Crippen LogP contribution in [0.2, 0.25) is 0 Å². The van der Waals surface area contributed by atoms with Crippen molar-refractivity contribution in [2.75, 3.05) is 0 Å². The molecular formula is C27H29NO. The first kappa shape index (κ1) is 19.4. The van der Waals surface area contributed by atoms with Crippen molar-refractivity contribution in [2.45, 2.75) is 53.4 Å². The van der Waals surface area contributed by atoms with Crippen molar-refractivity contribution in [1.82, 2.24) is 4.98 Å². The average Bonchev–Trinajstić information content (AvgIpc) is 3.09. The Balaban J connectivity index is 1.88. The maximum atomic E-state index is 6.42. The van der Waals surface area contributed by atoms with Crippen LogP contribution < -0.4 is 0 Å². The van der Waals surface area contributed by atoms with Gasteiger partial charge in [-0.15, -0.1) is 0 Å². The van der Waals surface area contributed by atoms with Crippen LogP contribution in [0.15, 0.2) is 59.1 Å². The summed E-state index contributed by atoms with van der Waals surface area (Å²) in [6.07, 6.45) is 1.93. The predicted molar refractivity (Wildman–Crippen MR) is 123 cm³/mol. The van der Waals surface area contributed by atoms with E-state index in [1.807, 2.05) is 6.20 Å². The number of furan rings is 1. The molecule has 0 fully saturated rings. The number of pyridine rings is 1. The number of rotatable bonds is 4. The summed E-state index contributed by atoms with van der Waals surface area (Å²) in [6.45, 7) is 13.2. The number of nitrogens with zero attached hydrogens (tertiary/aromatic N) is 1. The summed E-state index contributed by atoms with van der Waals surface area (Å²) < 4.78 is 6.42. The first-order chi connectivity index (χ1) is 13.8. The number of aryl methyl sites for hydroxylation is 2. The van der Waals surface area contributed by atoms with Crippen molar-refractivity contribution in [3.63, 3.8) is 0 Å². The van der Waals surface area contributed by atoms with Gasteiger partial charge >= 0.3 is 0 Å². The molecule has 0 aliphatic rings. The standard InChI is InChI=1S/C27H29NO/c1-16(2)22-8-7-9-23(17(3)4)27(22)26-13-21-15-28-24(14-25(21)29-26)20-11-18(5)10-19(6)12-20/h7-17H,1-6H3. The highest BCUT2D eigenvalue weighted by atomic mass is 16.3. The Hall–Kier alpha value is -2.87. The summed E-state index contributed by atoms with van der Waals surface area (Å²) in [6, 6.07) is 17.4. The fourth-order valence-corrected chi connectivity index (χ4v) is 4.17. The van der Waals surface area contributed by atoms with Gasteiger partial charge in [-0.2, -0.15) is 0 Å². The van der Waals surface area contributed by atoms with Crippen LogP contribution in [0.1, 0.15) is 61.8 Å². The van der Waals surface area contributed by atoms with E-state index < -0.39 is 0 Å². The molecule has 4 rings (SSSR count). The molecule has 29 heavy (non-hydrogen) atoms. The molecule has 0 unspecified atom stereocenters. The third-order valence-corrected chi connectivity index (χ3v) is 5.54. The van der Waals surface area contributed by atoms with Gasteiger partial charge in [0.25, 0.3) is 0 Å². The molecule has 148 valence electrons. The highest BCUT2D eigenvalue weighted by Crippen LogP contribution is 2.39. The lowest BCUT2D eigenvalue weighted by Crippen LogP contribution is -1.98. The molecule has 0 bridgehead atoms. The smallest absolute Gasteiger partial charge is 0.138 e. The van der Waals surface area contributed by atoms with Gasteiger partial charge in [0.05, 0.1) is 5.69 Å². The average molecular weight is 384 g/mol. The third-order valence-electron chi connectivity index (χ3n) is 5.54. The number of aromatic nitrogens is 1. The van der Waals surface area contributed by atoms with Crippen LogP contribution in [0.25, 0.3) is 33.6 Å². The van der Waals surface area contributed by atoms with E-state index in [9.17, 15) is 0 Å². The Labute approximate surface area is 173 Å². The van der Waals surface area contributed by atoms with Crippen molar-refractivity contribution in [1.29, 1.82) is 0 Å². The van der Waals surface area contributed by atoms with Gasteiger partial charge in [-0.05, 0) is 55.0 Å². The second-order valence-electron chi connectivity index (χ2n) is 8.72. The molecule has 0 spiro atoms. The van der Waals surface area contributed by atoms with Gasteiger partial charge in [0.15, 0.2) is 0 Å². The Bertz CT molecular complexity index is 1130. The first-order valence-electron chi connectivity index (χ1n) is 10.4. The normalized spacial score (nSPS) is 11.7. The van der Waals surface area contributed by atoms with Crippen LogP contribution in [-0.2, 0) is 0 Å². The summed E-state index contributed by atoms with van der Waals surface area (Å²) in [5.41, 5.74) is 9.36. The van der Waals surface area contributed by atoms with Crippen LogP contribution in [-0.4, -0.2) is 4.98 Å². The number of hydrogen-bond acceptors (Lipinski definition) is 2. The largest absolute Gasteiger partial charge is 0.456 e. The van der Waals surface area contributed by atoms with E-state index in [1.54, 1.807) is 0 Å². The number of benzene rings is 2. The second kappa shape index (κ2) is 7.51. The lowest BCUT2D eigenvalue weighted by atomic mass is 9.87. The van der Waals surface area contributed by atoms with Crippen molar-refractivity contribution >= 4 is 11.0 Å². The van der Waals surface area contributed by atoms with Crippen molar-refractivity contribution in [3.05, 3.63) is 77.0 Å². The molecular weight excluding hydrogens is 354 g/mol. The van der Waals surface area contributed by atoms with E-state index in [4.69, 9.17) is 9.40 Å². The van der Waals surface area contributed by atoms with Gasteiger partial charge < -0.3 is 4.42 Å². The fraction of sp³-hybridized carbons (Fsp3) is 0.296. The molecule has 2 nitrogen and oxygen atoms in total. The van der Waals surface area contributed by atoms with Gasteiger partial charge in [0, 0.05) is 28.8 Å². The topological polar surface area (TPSA) is 26.0 Å². The molecule has 0 amide bonds. The zero-order valence-corrected chi connectivity index (χ0v) is 18.2. The molecule has 0 saturated carbocycles. The summed E-state index contributed by atoms with van der Waals surface area (Å²) in [5, 5.41) is 1.04. The van der Waals surface area contributed by atoms with Gasteiger partial charge in [0.1, 0.15) is 11.3 Å². The molecule has 0 aliphatic carbocycles. The van der Waals surface area contributed by atoms with Crippen molar-refractivity contribution < 1.29 is 4.42 Å². The van der Waals surface area contributed by atoms with Crippen LogP contribution in [0.3, 0.4) is 0 Å². The van der Waals surface area contributed by atoms with Crippen LogP contribution >= 0.6 is 0 Å². The summed E-state index contributed by atoms with van der Waals surface area (Å²) in [7, 11) is 0. The van der Waals surface area contributed by atoms with Gasteiger partial charge in [0.2, 0.25) is 0 Å². The highest BCUT2D eigenvalue weighted by Gasteiger charge is 2.19. The Morgan fingerprint density at radius 3 is 2.00 bits per heavy atom. The van der Waals surface area contributed by atoms with Crippen LogP contribution in [0.4, 0.5) is 0 Å². The third kappa shape index (κ3) is 3.72. The van der Waals surface area contributed by atoms with E-state index in [0.29, 0.717) is 11.8 Å². The lowest BCUT2D eigenvalue weighted by molar-refractivity contribution is 0.627. The molecule has 2 heterocycles. The molecule has 4 aromatic rings. The van der Waals surface area contributed by atoms with Gasteiger partial charge in [-0.25, -0.2) is 0 Å². The Morgan fingerprint density at radius 1 is 0.793 bits per heavy atom. The number of fused-ring (bicyclic) bond motifs is 1. The SMILES string of the molecule is Cc1cc(C)cc(-c2cc3oc(-c4c(C(C)C)cccc4C(C)C)cc3cn2)c1. The Kier molecular flexibility index (Phi) is 5.04. The van der Waals surface area contributed by atoms with Crippen molar-refractivity contribution in [3.8, 4) is 22.6 Å². The lowest BCUT2D eigenvalue weighted by Gasteiger charge is -2.17. The summed E-state index contributed by atoms with van der Waals surface area (Å²) >= 11 is 0. The van der Waals surface area contributed by atoms with E-state index in [2.05, 4.69) is 90.1 Å². The minimum absolute atomic E-state index is 0.431. The van der Waals surface area contributed by atoms with Crippen LogP contribution in [0.5, 0.6) is 0 Å². The zero-order valence-electron chi connectivity index (χ0n) is 18.2. The molecule has 0 atom stereocenters. The van der Waals surface area contributed by atoms with E-state index >= 15 is 0 Å². The number of hydrogen-bond donors (Lipinski definition) is 0. The second-order valence-corrected chi connectivity index (χ2v) is 8.72. The maximum absolute atomic E-state index is 6.42. The monoisotopic (exact) mass is 383 g/mol. The first-order valence-corrected chi connectivity index (χ1v) is 10.4. The van der Waals surface area contributed by atoms with Gasteiger partial charge in [-0.1, -0.05) is 63.1 Å². The zero-order chi connectivity index (χ0) is 20.7. The van der Waals surface area contributed by atoms with Crippen molar-refractivity contribution in [2.24, 2.45) is 0 Å². The fourth-order valence-electron chi connectivity index (χ4n) is 4.17. The predicted octanol–water partition coefficient (Wildman–Crippen LogP) is 8.03. The Morgan fingerprint density at radius 2 is 1.41 bits per heavy atom. The van der Waals surface area contributed by atoms with Gasteiger partial charge in [-0.3, -0.25) is 4.98 Å². The van der Waals surface area contributed by atoms with Crippen LogP contribution in [0, 0.1) is 13.8 Å².